The second-order valence-electron chi connectivity index (χ2n) is 3.81. The fourth-order valence-corrected chi connectivity index (χ4v) is 1.04. The topological polar surface area (TPSA) is 72.8 Å². The number of aliphatic hydroxyl groups excluding tert-OH is 1. The lowest BCUT2D eigenvalue weighted by Crippen LogP contribution is -2.27. The van der Waals surface area contributed by atoms with Crippen molar-refractivity contribution in [3.05, 3.63) is 0 Å². The van der Waals surface area contributed by atoms with Crippen LogP contribution in [0, 0.1) is 0 Å². The number of aliphatic hydroxyl groups is 1. The predicted molar refractivity (Wildman–Crippen MR) is 62.4 cm³/mol. The number of hydrogen-bond donors (Lipinski definition) is 1. The van der Waals surface area contributed by atoms with Crippen molar-refractivity contribution in [2.45, 2.75) is 52.1 Å². The Labute approximate surface area is 102 Å². The Morgan fingerprint density at radius 2 is 1.59 bits per heavy atom. The molecule has 0 aliphatic heterocycles. The van der Waals surface area contributed by atoms with Gasteiger partial charge in [-0.25, -0.2) is 4.79 Å². The van der Waals surface area contributed by atoms with Crippen molar-refractivity contribution < 1.29 is 24.2 Å². The quantitative estimate of drug-likeness (QED) is 0.492. The molecule has 17 heavy (non-hydrogen) atoms. The maximum Gasteiger partial charge on any atom is 0.335 e. The van der Waals surface area contributed by atoms with Crippen LogP contribution < -0.4 is 0 Å². The molecule has 0 radical (unpaired) electrons. The summed E-state index contributed by atoms with van der Waals surface area (Å²) in [5.74, 6) is -1.33. The van der Waals surface area contributed by atoms with Crippen molar-refractivity contribution in [1.29, 1.82) is 0 Å². The summed E-state index contributed by atoms with van der Waals surface area (Å²) in [6.07, 6.45) is 1.61. The van der Waals surface area contributed by atoms with E-state index in [4.69, 9.17) is 9.47 Å². The molecular formula is C12H22O5. The molecule has 0 saturated heterocycles. The number of unbranched alkanes of at least 4 members (excludes halogenated alkanes) is 2. The lowest BCUT2D eigenvalue weighted by atomic mass is 10.2. The minimum absolute atomic E-state index is 0.275. The van der Waals surface area contributed by atoms with Crippen LogP contribution >= 0.6 is 0 Å². The average molecular weight is 246 g/mol. The number of ether oxygens (including phenoxy) is 2. The maximum atomic E-state index is 11.2. The second-order valence-corrected chi connectivity index (χ2v) is 3.81. The summed E-state index contributed by atoms with van der Waals surface area (Å²) in [5.41, 5.74) is 0. The fourth-order valence-electron chi connectivity index (χ4n) is 1.04. The van der Waals surface area contributed by atoms with Crippen LogP contribution in [-0.4, -0.2) is 36.4 Å². The standard InChI is InChI=1S/C12H22O5/c1-3-5-7-16-11(14)9-10(13)12(15)17-8-6-4-2/h10,13H,3-9H2,1-2H3. The van der Waals surface area contributed by atoms with Gasteiger partial charge >= 0.3 is 11.9 Å². The maximum absolute atomic E-state index is 11.2. The van der Waals surface area contributed by atoms with Gasteiger partial charge in [0.2, 0.25) is 0 Å². The van der Waals surface area contributed by atoms with Crippen LogP contribution in [0.4, 0.5) is 0 Å². The molecule has 5 nitrogen and oxygen atoms in total. The zero-order chi connectivity index (χ0) is 13.1. The molecule has 0 fully saturated rings. The Bertz CT molecular complexity index is 227. The van der Waals surface area contributed by atoms with E-state index in [-0.39, 0.29) is 13.0 Å². The first kappa shape index (κ1) is 15.9. The fraction of sp³-hybridized carbons (Fsp3) is 0.833. The van der Waals surface area contributed by atoms with Crippen LogP contribution in [0.2, 0.25) is 0 Å². The monoisotopic (exact) mass is 246 g/mol. The average Bonchev–Trinajstić information content (AvgIpc) is 2.29. The van der Waals surface area contributed by atoms with Gasteiger partial charge < -0.3 is 14.6 Å². The number of carbonyl (C=O) groups excluding carboxylic acids is 2. The minimum atomic E-state index is -1.42. The highest BCUT2D eigenvalue weighted by Crippen LogP contribution is 2.00. The lowest BCUT2D eigenvalue weighted by molar-refractivity contribution is -0.160. The van der Waals surface area contributed by atoms with Crippen LogP contribution in [0.3, 0.4) is 0 Å². The molecule has 0 heterocycles. The van der Waals surface area contributed by atoms with Crippen molar-refractivity contribution in [2.24, 2.45) is 0 Å². The SMILES string of the molecule is CCCCOC(=O)CC(O)C(=O)OCCCC. The van der Waals surface area contributed by atoms with E-state index in [1.165, 1.54) is 0 Å². The Morgan fingerprint density at radius 3 is 2.12 bits per heavy atom. The number of carbonyl (C=O) groups is 2. The van der Waals surface area contributed by atoms with E-state index in [9.17, 15) is 14.7 Å². The van der Waals surface area contributed by atoms with Crippen molar-refractivity contribution in [3.8, 4) is 0 Å². The molecule has 1 atom stereocenters. The van der Waals surface area contributed by atoms with Crippen LogP contribution in [0.5, 0.6) is 0 Å². The summed E-state index contributed by atoms with van der Waals surface area (Å²) in [6.45, 7) is 4.55. The van der Waals surface area contributed by atoms with E-state index in [2.05, 4.69) is 0 Å². The molecule has 0 aliphatic rings. The third-order valence-corrected chi connectivity index (χ3v) is 2.14. The van der Waals surface area contributed by atoms with Gasteiger partial charge in [0.1, 0.15) is 0 Å². The first-order chi connectivity index (χ1) is 8.11. The molecule has 0 aromatic rings. The molecule has 0 rings (SSSR count). The Morgan fingerprint density at radius 1 is 1.06 bits per heavy atom. The lowest BCUT2D eigenvalue weighted by Gasteiger charge is -2.10. The van der Waals surface area contributed by atoms with Crippen LogP contribution in [0.25, 0.3) is 0 Å². The molecule has 0 aliphatic carbocycles. The van der Waals surface area contributed by atoms with Gasteiger partial charge in [-0.05, 0) is 12.8 Å². The summed E-state index contributed by atoms with van der Waals surface area (Å²) < 4.78 is 9.60. The van der Waals surface area contributed by atoms with Gasteiger partial charge in [0.15, 0.2) is 6.10 Å². The molecule has 0 saturated carbocycles. The van der Waals surface area contributed by atoms with Gasteiger partial charge in [0.25, 0.3) is 0 Å². The van der Waals surface area contributed by atoms with E-state index < -0.39 is 18.0 Å². The smallest absolute Gasteiger partial charge is 0.335 e. The predicted octanol–water partition coefficient (Wildman–Crippen LogP) is 1.42. The van der Waals surface area contributed by atoms with E-state index in [1.807, 2.05) is 13.8 Å². The highest BCUT2D eigenvalue weighted by molar-refractivity contribution is 5.81. The molecule has 0 aromatic carbocycles. The van der Waals surface area contributed by atoms with Gasteiger partial charge in [-0.15, -0.1) is 0 Å². The molecule has 0 bridgehead atoms. The first-order valence-corrected chi connectivity index (χ1v) is 6.12. The highest BCUT2D eigenvalue weighted by Gasteiger charge is 2.21. The Balaban J connectivity index is 3.71. The van der Waals surface area contributed by atoms with E-state index in [0.717, 1.165) is 25.7 Å². The van der Waals surface area contributed by atoms with Crippen LogP contribution in [-0.2, 0) is 19.1 Å². The third kappa shape index (κ3) is 8.68. The summed E-state index contributed by atoms with van der Waals surface area (Å²) >= 11 is 0. The van der Waals surface area contributed by atoms with Crippen molar-refractivity contribution in [3.63, 3.8) is 0 Å². The Kier molecular flexibility index (Phi) is 9.43. The Hall–Kier alpha value is -1.10. The van der Waals surface area contributed by atoms with Crippen LogP contribution in [0.15, 0.2) is 0 Å². The van der Waals surface area contributed by atoms with Crippen molar-refractivity contribution >= 4 is 11.9 Å². The van der Waals surface area contributed by atoms with Crippen LogP contribution in [0.1, 0.15) is 46.0 Å². The summed E-state index contributed by atoms with van der Waals surface area (Å²) in [4.78, 5) is 22.4. The highest BCUT2D eigenvalue weighted by atomic mass is 16.6. The summed E-state index contributed by atoms with van der Waals surface area (Å²) in [6, 6.07) is 0. The normalized spacial score (nSPS) is 11.9. The zero-order valence-corrected chi connectivity index (χ0v) is 10.6. The molecule has 1 N–H and O–H groups in total. The van der Waals surface area contributed by atoms with Gasteiger partial charge in [-0.2, -0.15) is 0 Å². The number of hydrogen-bond acceptors (Lipinski definition) is 5. The molecule has 100 valence electrons. The van der Waals surface area contributed by atoms with E-state index >= 15 is 0 Å². The molecular weight excluding hydrogens is 224 g/mol. The molecule has 0 aromatic heterocycles. The zero-order valence-electron chi connectivity index (χ0n) is 10.6. The van der Waals surface area contributed by atoms with Crippen molar-refractivity contribution in [1.82, 2.24) is 0 Å². The molecule has 0 spiro atoms. The number of esters is 2. The largest absolute Gasteiger partial charge is 0.466 e. The van der Waals surface area contributed by atoms with E-state index in [1.54, 1.807) is 0 Å². The summed E-state index contributed by atoms with van der Waals surface area (Å²) in [7, 11) is 0. The summed E-state index contributed by atoms with van der Waals surface area (Å²) in [5, 5.41) is 9.37. The van der Waals surface area contributed by atoms with Crippen molar-refractivity contribution in [2.75, 3.05) is 13.2 Å². The first-order valence-electron chi connectivity index (χ1n) is 6.12. The molecule has 0 amide bonds. The molecule has 1 unspecified atom stereocenters. The van der Waals surface area contributed by atoms with E-state index in [0.29, 0.717) is 6.61 Å². The van der Waals surface area contributed by atoms with Gasteiger partial charge in [0.05, 0.1) is 19.6 Å². The van der Waals surface area contributed by atoms with Gasteiger partial charge in [-0.1, -0.05) is 26.7 Å². The second kappa shape index (κ2) is 10.1. The number of rotatable bonds is 9. The van der Waals surface area contributed by atoms with Gasteiger partial charge in [0, 0.05) is 0 Å². The molecule has 5 heteroatoms. The minimum Gasteiger partial charge on any atom is -0.466 e. The third-order valence-electron chi connectivity index (χ3n) is 2.14. The van der Waals surface area contributed by atoms with Gasteiger partial charge in [-0.3, -0.25) is 4.79 Å².